The molecule has 1 aromatic rings. The maximum Gasteiger partial charge on any atom is 0.338 e. The lowest BCUT2D eigenvalue weighted by molar-refractivity contribution is -0.385. The second-order valence-electron chi connectivity index (χ2n) is 6.97. The summed E-state index contributed by atoms with van der Waals surface area (Å²) < 4.78 is 5.40. The molecule has 28 heavy (non-hydrogen) atoms. The van der Waals surface area contributed by atoms with Crippen molar-refractivity contribution in [3.8, 4) is 0 Å². The minimum Gasteiger partial charge on any atom is -0.462 e. The van der Waals surface area contributed by atoms with E-state index in [1.165, 1.54) is 22.7 Å². The fraction of sp³-hybridized carbons (Fsp3) is 0.421. The molecule has 1 amide bonds. The number of ether oxygens (including phenoxy) is 1. The monoisotopic (exact) mass is 403 g/mol. The van der Waals surface area contributed by atoms with Gasteiger partial charge in [-0.25, -0.2) is 9.79 Å². The van der Waals surface area contributed by atoms with E-state index in [1.54, 1.807) is 25.1 Å². The number of aliphatic imine (C=N–C) groups is 1. The quantitative estimate of drug-likeness (QED) is 0.424. The third-order valence-corrected chi connectivity index (χ3v) is 5.36. The van der Waals surface area contributed by atoms with Gasteiger partial charge in [-0.1, -0.05) is 37.7 Å². The third-order valence-electron chi connectivity index (χ3n) is 4.40. The number of allylic oxidation sites excluding steroid dienone is 1. The molecule has 0 aromatic heterocycles. The molecule has 148 valence electrons. The van der Waals surface area contributed by atoms with Crippen molar-refractivity contribution in [3.63, 3.8) is 0 Å². The first-order valence-electron chi connectivity index (χ1n) is 8.96. The number of nitrogens with zero attached hydrogens (tertiary/aromatic N) is 3. The highest BCUT2D eigenvalue weighted by Crippen LogP contribution is 2.43. The van der Waals surface area contributed by atoms with E-state index >= 15 is 0 Å². The molecule has 9 heteroatoms. The zero-order valence-electron chi connectivity index (χ0n) is 15.9. The molecule has 0 spiro atoms. The van der Waals surface area contributed by atoms with Gasteiger partial charge < -0.3 is 4.74 Å². The zero-order valence-corrected chi connectivity index (χ0v) is 16.7. The molecule has 3 rings (SSSR count). The molecule has 0 saturated carbocycles. The molecule has 0 radical (unpaired) electrons. The lowest BCUT2D eigenvalue weighted by atomic mass is 9.93. The topological polar surface area (TPSA) is 102 Å². The lowest BCUT2D eigenvalue weighted by Crippen LogP contribution is -2.46. The molecule has 0 N–H and O–H groups in total. The number of hydrogen-bond acceptors (Lipinski definition) is 7. The van der Waals surface area contributed by atoms with E-state index in [-0.39, 0.29) is 41.7 Å². The van der Waals surface area contributed by atoms with Crippen molar-refractivity contribution in [2.75, 3.05) is 12.4 Å². The number of carbonyl (C=O) groups excluding carboxylic acids is 2. The Balaban J connectivity index is 2.16. The Bertz CT molecular complexity index is 893. The lowest BCUT2D eigenvalue weighted by Gasteiger charge is -2.38. The number of hydrogen-bond donors (Lipinski definition) is 0. The van der Waals surface area contributed by atoms with Crippen LogP contribution in [0.25, 0.3) is 0 Å². The summed E-state index contributed by atoms with van der Waals surface area (Å²) in [6, 6.07) is 5.21. The summed E-state index contributed by atoms with van der Waals surface area (Å²) in [5.74, 6) is -0.120. The number of nitro benzene ring substituents is 1. The highest BCUT2D eigenvalue weighted by molar-refractivity contribution is 8.14. The van der Waals surface area contributed by atoms with Crippen molar-refractivity contribution < 1.29 is 19.2 Å². The van der Waals surface area contributed by atoms with Crippen LogP contribution < -0.4 is 0 Å². The fourth-order valence-electron chi connectivity index (χ4n) is 3.16. The van der Waals surface area contributed by atoms with Gasteiger partial charge in [-0.05, 0) is 18.9 Å². The summed E-state index contributed by atoms with van der Waals surface area (Å²) in [5, 5.41) is 12.1. The second kappa shape index (κ2) is 8.14. The summed E-state index contributed by atoms with van der Waals surface area (Å²) >= 11 is 1.40. The number of para-hydroxylation sites is 1. The Morgan fingerprint density at radius 1 is 1.43 bits per heavy atom. The van der Waals surface area contributed by atoms with Crippen LogP contribution in [0.3, 0.4) is 0 Å². The number of nitro groups is 1. The number of benzene rings is 1. The first kappa shape index (κ1) is 20.1. The number of thioether (sulfide) groups is 1. The van der Waals surface area contributed by atoms with Crippen LogP contribution in [0.4, 0.5) is 5.69 Å². The summed E-state index contributed by atoms with van der Waals surface area (Å²) in [6.07, 6.45) is 0.272. The molecule has 2 aliphatic rings. The fourth-order valence-corrected chi connectivity index (χ4v) is 4.16. The predicted molar refractivity (Wildman–Crippen MR) is 106 cm³/mol. The number of carbonyl (C=O) groups is 2. The third kappa shape index (κ3) is 3.80. The highest BCUT2D eigenvalue weighted by Gasteiger charge is 2.44. The van der Waals surface area contributed by atoms with Crippen LogP contribution in [0.1, 0.15) is 38.8 Å². The van der Waals surface area contributed by atoms with Crippen molar-refractivity contribution >= 4 is 34.5 Å². The average Bonchev–Trinajstić information content (AvgIpc) is 2.65. The van der Waals surface area contributed by atoms with E-state index in [0.717, 1.165) is 0 Å². The maximum absolute atomic E-state index is 12.9. The van der Waals surface area contributed by atoms with Crippen LogP contribution in [0.15, 0.2) is 40.5 Å². The normalized spacial score (nSPS) is 19.4. The summed E-state index contributed by atoms with van der Waals surface area (Å²) in [4.78, 5) is 42.6. The van der Waals surface area contributed by atoms with Crippen LogP contribution in [0, 0.1) is 16.0 Å². The minimum absolute atomic E-state index is 0.129. The van der Waals surface area contributed by atoms with Crippen molar-refractivity contribution in [1.29, 1.82) is 0 Å². The molecule has 1 aromatic carbocycles. The van der Waals surface area contributed by atoms with E-state index in [4.69, 9.17) is 4.74 Å². The van der Waals surface area contributed by atoms with Gasteiger partial charge in [0.2, 0.25) is 5.91 Å². The van der Waals surface area contributed by atoms with Crippen LogP contribution in [-0.4, -0.2) is 39.2 Å². The Morgan fingerprint density at radius 2 is 2.14 bits per heavy atom. The van der Waals surface area contributed by atoms with E-state index in [9.17, 15) is 19.7 Å². The molecule has 0 bridgehead atoms. The molecular weight excluding hydrogens is 382 g/mol. The molecular formula is C19H21N3O5S. The van der Waals surface area contributed by atoms with Gasteiger partial charge in [0, 0.05) is 18.2 Å². The number of fused-ring (bicyclic) bond motifs is 1. The number of esters is 1. The van der Waals surface area contributed by atoms with Crippen molar-refractivity contribution in [1.82, 2.24) is 4.90 Å². The largest absolute Gasteiger partial charge is 0.462 e. The molecule has 2 heterocycles. The van der Waals surface area contributed by atoms with Gasteiger partial charge in [-0.2, -0.15) is 0 Å². The first-order valence-corrected chi connectivity index (χ1v) is 9.94. The van der Waals surface area contributed by atoms with Crippen LogP contribution in [0.2, 0.25) is 0 Å². The molecule has 1 atom stereocenters. The van der Waals surface area contributed by atoms with Crippen molar-refractivity contribution in [2.24, 2.45) is 10.9 Å². The number of amidine groups is 1. The Morgan fingerprint density at radius 3 is 2.82 bits per heavy atom. The van der Waals surface area contributed by atoms with Crippen LogP contribution in [0.5, 0.6) is 0 Å². The van der Waals surface area contributed by atoms with Gasteiger partial charge in [0.25, 0.3) is 5.69 Å². The van der Waals surface area contributed by atoms with Gasteiger partial charge in [0.15, 0.2) is 5.17 Å². The second-order valence-corrected chi connectivity index (χ2v) is 8.03. The SMILES string of the molecule is CC1=C(C(=O)OCC(C)C)[C@H](c2ccccc2[N+](=O)[O-])N2C(=O)CCSC2=N1. The zero-order chi connectivity index (χ0) is 20.4. The Labute approximate surface area is 166 Å². The number of amides is 1. The summed E-state index contributed by atoms with van der Waals surface area (Å²) in [6.45, 7) is 5.70. The van der Waals surface area contributed by atoms with E-state index in [2.05, 4.69) is 4.99 Å². The molecule has 0 aliphatic carbocycles. The molecule has 0 unspecified atom stereocenters. The minimum atomic E-state index is -0.936. The van der Waals surface area contributed by atoms with Gasteiger partial charge in [0.1, 0.15) is 6.04 Å². The van der Waals surface area contributed by atoms with E-state index < -0.39 is 16.9 Å². The molecule has 2 aliphatic heterocycles. The smallest absolute Gasteiger partial charge is 0.338 e. The molecule has 1 saturated heterocycles. The summed E-state index contributed by atoms with van der Waals surface area (Å²) in [5.41, 5.74) is 0.686. The van der Waals surface area contributed by atoms with Gasteiger partial charge in [0.05, 0.1) is 28.4 Å². The standard InChI is InChI=1S/C19H21N3O5S/c1-11(2)10-27-18(24)16-12(3)20-19-21(15(23)8-9-28-19)17(16)13-6-4-5-7-14(13)22(25)26/h4-7,11,17H,8-10H2,1-3H3/t17-/m0/s1. The Hall–Kier alpha value is -2.68. The van der Waals surface area contributed by atoms with Crippen molar-refractivity contribution in [2.45, 2.75) is 33.2 Å². The highest BCUT2D eigenvalue weighted by atomic mass is 32.2. The maximum atomic E-state index is 12.9. The average molecular weight is 403 g/mol. The molecule has 8 nitrogen and oxygen atoms in total. The first-order chi connectivity index (χ1) is 13.3. The Kier molecular flexibility index (Phi) is 5.83. The van der Waals surface area contributed by atoms with Crippen molar-refractivity contribution in [3.05, 3.63) is 51.2 Å². The van der Waals surface area contributed by atoms with Crippen LogP contribution in [-0.2, 0) is 14.3 Å². The van der Waals surface area contributed by atoms with E-state index in [1.807, 2.05) is 13.8 Å². The van der Waals surface area contributed by atoms with E-state index in [0.29, 0.717) is 16.6 Å². The molecule has 1 fully saturated rings. The van der Waals surface area contributed by atoms with Crippen LogP contribution >= 0.6 is 11.8 Å². The van der Waals surface area contributed by atoms with Gasteiger partial charge >= 0.3 is 5.97 Å². The summed E-state index contributed by atoms with van der Waals surface area (Å²) in [7, 11) is 0. The number of rotatable bonds is 5. The van der Waals surface area contributed by atoms with Gasteiger partial charge in [-0.15, -0.1) is 0 Å². The van der Waals surface area contributed by atoms with Gasteiger partial charge in [-0.3, -0.25) is 19.8 Å². The predicted octanol–water partition coefficient (Wildman–Crippen LogP) is 3.44.